The molecule has 2 aromatic rings. The molecule has 0 bridgehead atoms. The Balaban J connectivity index is 2.21. The van der Waals surface area contributed by atoms with Gasteiger partial charge in [0.25, 0.3) is 5.91 Å². The van der Waals surface area contributed by atoms with Gasteiger partial charge in [-0.1, -0.05) is 38.4 Å². The maximum atomic E-state index is 13.6. The van der Waals surface area contributed by atoms with Gasteiger partial charge in [0.2, 0.25) is 0 Å². The number of pyridine rings is 1. The quantitative estimate of drug-likeness (QED) is 0.846. The number of aliphatic hydroxyl groups excluding tert-OH is 1. The zero-order valence-electron chi connectivity index (χ0n) is 15.0. The first-order valence-corrected chi connectivity index (χ1v) is 8.68. The summed E-state index contributed by atoms with van der Waals surface area (Å²) in [7, 11) is 0. The maximum Gasteiger partial charge on any atom is 0.294 e. The van der Waals surface area contributed by atoms with E-state index in [1.807, 2.05) is 0 Å². The molecule has 1 aromatic carbocycles. The number of halogens is 2. The monoisotopic (exact) mass is 388 g/mol. The van der Waals surface area contributed by atoms with Gasteiger partial charge in [-0.3, -0.25) is 19.5 Å². The van der Waals surface area contributed by atoms with Crippen LogP contribution in [-0.4, -0.2) is 21.8 Å². The van der Waals surface area contributed by atoms with Gasteiger partial charge in [0, 0.05) is 17.3 Å². The van der Waals surface area contributed by atoms with Crippen molar-refractivity contribution in [1.82, 2.24) is 4.98 Å². The zero-order valence-corrected chi connectivity index (χ0v) is 15.8. The summed E-state index contributed by atoms with van der Waals surface area (Å²) in [5.74, 6) is -2.41. The normalized spacial score (nSPS) is 17.6. The molecule has 1 unspecified atom stereocenters. The van der Waals surface area contributed by atoms with Crippen LogP contribution in [0.2, 0.25) is 5.02 Å². The van der Waals surface area contributed by atoms with Crippen LogP contribution in [0.4, 0.5) is 10.1 Å². The van der Waals surface area contributed by atoms with Gasteiger partial charge < -0.3 is 5.11 Å². The summed E-state index contributed by atoms with van der Waals surface area (Å²) in [6, 6.07) is 7.92. The third kappa shape index (κ3) is 3.32. The highest BCUT2D eigenvalue weighted by atomic mass is 35.5. The third-order valence-corrected chi connectivity index (χ3v) is 4.57. The Labute approximate surface area is 161 Å². The summed E-state index contributed by atoms with van der Waals surface area (Å²) in [5.41, 5.74) is -0.201. The van der Waals surface area contributed by atoms with Crippen LogP contribution in [-0.2, 0) is 9.59 Å². The Morgan fingerprint density at radius 1 is 1.26 bits per heavy atom. The van der Waals surface area contributed by atoms with E-state index in [9.17, 15) is 19.1 Å². The Hall–Kier alpha value is -2.73. The number of aromatic nitrogens is 1. The van der Waals surface area contributed by atoms with Crippen LogP contribution in [0.1, 0.15) is 32.5 Å². The predicted molar refractivity (Wildman–Crippen MR) is 100.0 cm³/mol. The Kier molecular flexibility index (Phi) is 4.78. The van der Waals surface area contributed by atoms with Gasteiger partial charge in [-0.15, -0.1) is 0 Å². The number of amides is 1. The first-order chi connectivity index (χ1) is 12.6. The molecule has 1 aliphatic rings. The molecular weight excluding hydrogens is 371 g/mol. The number of nitrogens with zero attached hydrogens (tertiary/aromatic N) is 2. The molecule has 5 nitrogen and oxygen atoms in total. The van der Waals surface area contributed by atoms with Crippen LogP contribution < -0.4 is 4.90 Å². The molecule has 0 fully saturated rings. The van der Waals surface area contributed by atoms with Crippen LogP contribution in [0.25, 0.3) is 0 Å². The summed E-state index contributed by atoms with van der Waals surface area (Å²) in [6.45, 7) is 5.10. The lowest BCUT2D eigenvalue weighted by Gasteiger charge is -2.28. The van der Waals surface area contributed by atoms with E-state index >= 15 is 0 Å². The van der Waals surface area contributed by atoms with E-state index in [2.05, 4.69) is 4.98 Å². The summed E-state index contributed by atoms with van der Waals surface area (Å²) in [6.07, 6.45) is 1.53. The fourth-order valence-corrected chi connectivity index (χ4v) is 3.13. The van der Waals surface area contributed by atoms with E-state index in [-0.39, 0.29) is 22.1 Å². The second kappa shape index (κ2) is 6.78. The van der Waals surface area contributed by atoms with Gasteiger partial charge in [-0.2, -0.15) is 0 Å². The van der Waals surface area contributed by atoms with Crippen molar-refractivity contribution in [3.05, 3.63) is 70.5 Å². The lowest BCUT2D eigenvalue weighted by molar-refractivity contribution is -0.123. The molecule has 0 radical (unpaired) electrons. The third-order valence-electron chi connectivity index (χ3n) is 4.28. The second-order valence-electron chi connectivity index (χ2n) is 7.27. The number of aliphatic hydroxyl groups is 1. The Bertz CT molecular complexity index is 951. The van der Waals surface area contributed by atoms with Gasteiger partial charge in [0.15, 0.2) is 11.5 Å². The van der Waals surface area contributed by atoms with Crippen LogP contribution in [0.15, 0.2) is 53.9 Å². The minimum Gasteiger partial charge on any atom is -0.503 e. The molecular formula is C20H18ClFN2O3. The van der Waals surface area contributed by atoms with Crippen molar-refractivity contribution in [2.45, 2.75) is 26.8 Å². The zero-order chi connectivity index (χ0) is 19.9. The fraction of sp³-hybridized carbons (Fsp3) is 0.250. The van der Waals surface area contributed by atoms with E-state index < -0.39 is 28.9 Å². The molecule has 0 saturated heterocycles. The molecule has 3 rings (SSSR count). The van der Waals surface area contributed by atoms with Crippen molar-refractivity contribution in [2.24, 2.45) is 5.41 Å². The van der Waals surface area contributed by atoms with Gasteiger partial charge in [0.05, 0.1) is 16.3 Å². The van der Waals surface area contributed by atoms with Crippen molar-refractivity contribution in [3.8, 4) is 0 Å². The Morgan fingerprint density at radius 3 is 2.52 bits per heavy atom. The van der Waals surface area contributed by atoms with Gasteiger partial charge >= 0.3 is 0 Å². The number of hydrogen-bond donors (Lipinski definition) is 1. The molecule has 1 aromatic heterocycles. The summed E-state index contributed by atoms with van der Waals surface area (Å²) >= 11 is 5.87. The fourth-order valence-electron chi connectivity index (χ4n) is 2.96. The van der Waals surface area contributed by atoms with Crippen molar-refractivity contribution >= 4 is 29.0 Å². The average molecular weight is 389 g/mol. The molecule has 7 heteroatoms. The van der Waals surface area contributed by atoms with Crippen molar-refractivity contribution < 1.29 is 19.1 Å². The van der Waals surface area contributed by atoms with E-state index in [1.54, 1.807) is 39.0 Å². The predicted octanol–water partition coefficient (Wildman–Crippen LogP) is 4.39. The Morgan fingerprint density at radius 2 is 1.96 bits per heavy atom. The van der Waals surface area contributed by atoms with Crippen LogP contribution in [0.5, 0.6) is 0 Å². The van der Waals surface area contributed by atoms with E-state index in [1.165, 1.54) is 23.2 Å². The first-order valence-electron chi connectivity index (χ1n) is 8.30. The molecule has 1 N–H and O–H groups in total. The number of carbonyl (C=O) groups is 2. The number of anilines is 1. The molecule has 2 heterocycles. The van der Waals surface area contributed by atoms with Gasteiger partial charge in [0.1, 0.15) is 11.9 Å². The highest BCUT2D eigenvalue weighted by molar-refractivity contribution is 6.31. The number of carbonyl (C=O) groups excluding carboxylic acids is 2. The number of benzene rings is 1. The minimum atomic E-state index is -0.938. The smallest absolute Gasteiger partial charge is 0.294 e. The van der Waals surface area contributed by atoms with Gasteiger partial charge in [-0.05, 0) is 30.3 Å². The van der Waals surface area contributed by atoms with Crippen molar-refractivity contribution in [1.29, 1.82) is 0 Å². The lowest BCUT2D eigenvalue weighted by Crippen LogP contribution is -2.33. The van der Waals surface area contributed by atoms with E-state index in [0.717, 1.165) is 6.07 Å². The molecule has 1 atom stereocenters. The van der Waals surface area contributed by atoms with Crippen molar-refractivity contribution in [2.75, 3.05) is 4.90 Å². The SMILES string of the molecule is CC(C)(C)C(=O)C1=C(O)C(=O)N(c2ccc(F)c(Cl)c2)C1c1ccccn1. The van der Waals surface area contributed by atoms with Crippen LogP contribution >= 0.6 is 11.6 Å². The highest BCUT2D eigenvalue weighted by Crippen LogP contribution is 2.43. The van der Waals surface area contributed by atoms with E-state index in [4.69, 9.17) is 11.6 Å². The minimum absolute atomic E-state index is 0.0355. The molecule has 1 amide bonds. The highest BCUT2D eigenvalue weighted by Gasteiger charge is 2.47. The molecule has 0 spiro atoms. The summed E-state index contributed by atoms with van der Waals surface area (Å²) in [4.78, 5) is 31.3. The van der Waals surface area contributed by atoms with Crippen LogP contribution in [0, 0.1) is 11.2 Å². The molecule has 1 aliphatic heterocycles. The molecule has 27 heavy (non-hydrogen) atoms. The lowest BCUT2D eigenvalue weighted by atomic mass is 9.83. The largest absolute Gasteiger partial charge is 0.503 e. The molecule has 140 valence electrons. The number of hydrogen-bond acceptors (Lipinski definition) is 4. The number of ketones is 1. The van der Waals surface area contributed by atoms with E-state index in [0.29, 0.717) is 5.69 Å². The molecule has 0 saturated carbocycles. The number of rotatable bonds is 3. The first kappa shape index (κ1) is 19.0. The number of Topliss-reactive ketones (excluding diaryl/α,β-unsaturated/α-hetero) is 1. The summed E-state index contributed by atoms with van der Waals surface area (Å²) < 4.78 is 13.6. The molecule has 0 aliphatic carbocycles. The van der Waals surface area contributed by atoms with Gasteiger partial charge in [-0.25, -0.2) is 4.39 Å². The van der Waals surface area contributed by atoms with Crippen molar-refractivity contribution in [3.63, 3.8) is 0 Å². The standard InChI is InChI=1S/C20H18ClFN2O3/c1-20(2,3)18(26)15-16(14-6-4-5-9-23-14)24(19(27)17(15)25)11-7-8-13(22)12(21)10-11/h4-10,16,25H,1-3H3. The second-order valence-corrected chi connectivity index (χ2v) is 7.68. The van der Waals surface area contributed by atoms with Crippen LogP contribution in [0.3, 0.4) is 0 Å². The summed E-state index contributed by atoms with van der Waals surface area (Å²) in [5, 5.41) is 10.3. The maximum absolute atomic E-state index is 13.6. The average Bonchev–Trinajstić information content (AvgIpc) is 2.88. The topological polar surface area (TPSA) is 70.5 Å².